The zero-order valence-corrected chi connectivity index (χ0v) is 18.2. The fourth-order valence-electron chi connectivity index (χ4n) is 3.70. The Bertz CT molecular complexity index is 872. The van der Waals surface area contributed by atoms with Gasteiger partial charge in [0.15, 0.2) is 6.61 Å². The molecule has 30 heavy (non-hydrogen) atoms. The number of amides is 2. The molecule has 0 aromatic heterocycles. The molecule has 0 radical (unpaired) electrons. The Balaban J connectivity index is 1.59. The number of piperidine rings is 1. The van der Waals surface area contributed by atoms with Crippen LogP contribution in [0, 0.1) is 5.92 Å². The number of carbonyl (C=O) groups is 2. The Morgan fingerprint density at radius 1 is 1.13 bits per heavy atom. The first-order chi connectivity index (χ1) is 14.5. The molecule has 0 spiro atoms. The van der Waals surface area contributed by atoms with Crippen molar-refractivity contribution in [1.82, 2.24) is 4.90 Å². The van der Waals surface area contributed by atoms with Crippen LogP contribution in [0.5, 0.6) is 5.75 Å². The summed E-state index contributed by atoms with van der Waals surface area (Å²) in [6.45, 7) is 8.01. The first-order valence-corrected chi connectivity index (χ1v) is 10.9. The zero-order valence-electron chi connectivity index (χ0n) is 18.2. The van der Waals surface area contributed by atoms with Gasteiger partial charge >= 0.3 is 0 Å². The van der Waals surface area contributed by atoms with Crippen molar-refractivity contribution in [2.75, 3.05) is 25.0 Å². The molecule has 0 bridgehead atoms. The lowest BCUT2D eigenvalue weighted by Gasteiger charge is -2.30. The summed E-state index contributed by atoms with van der Waals surface area (Å²) >= 11 is 0. The Morgan fingerprint density at radius 2 is 1.87 bits per heavy atom. The Hall–Kier alpha value is -2.82. The maximum absolute atomic E-state index is 12.8. The largest absolute Gasteiger partial charge is 0.483 e. The first-order valence-electron chi connectivity index (χ1n) is 10.9. The van der Waals surface area contributed by atoms with E-state index in [1.54, 1.807) is 24.3 Å². The third kappa shape index (κ3) is 5.62. The van der Waals surface area contributed by atoms with Crippen molar-refractivity contribution < 1.29 is 14.3 Å². The van der Waals surface area contributed by atoms with Gasteiger partial charge in [-0.05, 0) is 60.9 Å². The van der Waals surface area contributed by atoms with Gasteiger partial charge in [-0.2, -0.15) is 0 Å². The Kier molecular flexibility index (Phi) is 7.50. The quantitative estimate of drug-likeness (QED) is 0.694. The number of para-hydroxylation sites is 1. The highest BCUT2D eigenvalue weighted by atomic mass is 16.5. The molecule has 2 aromatic rings. The number of rotatable bonds is 7. The predicted molar refractivity (Wildman–Crippen MR) is 120 cm³/mol. The molecule has 0 saturated carbocycles. The van der Waals surface area contributed by atoms with Crippen molar-refractivity contribution in [3.8, 4) is 5.75 Å². The molecule has 2 amide bonds. The van der Waals surface area contributed by atoms with E-state index < -0.39 is 0 Å². The van der Waals surface area contributed by atoms with E-state index in [0.717, 1.165) is 43.7 Å². The number of nitrogens with zero attached hydrogens (tertiary/aromatic N) is 1. The Morgan fingerprint density at radius 3 is 2.60 bits per heavy atom. The number of benzene rings is 2. The number of hydrogen-bond acceptors (Lipinski definition) is 3. The van der Waals surface area contributed by atoms with Crippen LogP contribution in [0.15, 0.2) is 48.5 Å². The molecule has 1 heterocycles. The summed E-state index contributed by atoms with van der Waals surface area (Å²) in [7, 11) is 0. The summed E-state index contributed by atoms with van der Waals surface area (Å²) < 4.78 is 5.79. The van der Waals surface area contributed by atoms with Gasteiger partial charge in [0.25, 0.3) is 11.8 Å². The van der Waals surface area contributed by atoms with Crippen LogP contribution in [0.25, 0.3) is 0 Å². The first kappa shape index (κ1) is 21.9. The van der Waals surface area contributed by atoms with Crippen molar-refractivity contribution in [3.05, 3.63) is 59.7 Å². The summed E-state index contributed by atoms with van der Waals surface area (Å²) in [6, 6.07) is 15.0. The molecule has 1 saturated heterocycles. The molecule has 1 fully saturated rings. The van der Waals surface area contributed by atoms with Gasteiger partial charge in [-0.15, -0.1) is 0 Å². The molecular weight excluding hydrogens is 376 g/mol. The van der Waals surface area contributed by atoms with Crippen LogP contribution in [0.2, 0.25) is 0 Å². The van der Waals surface area contributed by atoms with Crippen molar-refractivity contribution in [2.24, 2.45) is 5.92 Å². The van der Waals surface area contributed by atoms with E-state index in [9.17, 15) is 9.59 Å². The predicted octanol–water partition coefficient (Wildman–Crippen LogP) is 5.09. The van der Waals surface area contributed by atoms with E-state index in [0.29, 0.717) is 23.1 Å². The third-order valence-corrected chi connectivity index (χ3v) is 5.89. The summed E-state index contributed by atoms with van der Waals surface area (Å²) in [4.78, 5) is 27.1. The van der Waals surface area contributed by atoms with Gasteiger partial charge in [-0.3, -0.25) is 9.59 Å². The molecular formula is C25H32N2O3. The SMILES string of the molecule is CCC(C)c1ccccc1OCC(=O)Nc1cccc(C(=O)N2CCC(C)CC2)c1. The van der Waals surface area contributed by atoms with Gasteiger partial charge < -0.3 is 15.0 Å². The molecule has 2 aromatic carbocycles. The van der Waals surface area contributed by atoms with Gasteiger partial charge in [0.1, 0.15) is 5.75 Å². The molecule has 1 atom stereocenters. The molecule has 1 aliphatic heterocycles. The van der Waals surface area contributed by atoms with E-state index in [1.165, 1.54) is 0 Å². The van der Waals surface area contributed by atoms with E-state index in [1.807, 2.05) is 29.2 Å². The molecule has 1 unspecified atom stereocenters. The molecule has 160 valence electrons. The average molecular weight is 409 g/mol. The fraction of sp³-hybridized carbons (Fsp3) is 0.440. The molecule has 5 heteroatoms. The van der Waals surface area contributed by atoms with Gasteiger partial charge in [0.2, 0.25) is 0 Å². The normalized spacial score (nSPS) is 15.5. The summed E-state index contributed by atoms with van der Waals surface area (Å²) in [6.07, 6.45) is 3.08. The number of likely N-dealkylation sites (tertiary alicyclic amines) is 1. The van der Waals surface area contributed by atoms with Gasteiger partial charge in [-0.25, -0.2) is 0 Å². The van der Waals surface area contributed by atoms with Crippen molar-refractivity contribution in [3.63, 3.8) is 0 Å². The molecule has 0 aliphatic carbocycles. The van der Waals surface area contributed by atoms with Gasteiger partial charge in [0, 0.05) is 24.3 Å². The molecule has 1 aliphatic rings. The molecule has 3 rings (SSSR count). The average Bonchev–Trinajstić information content (AvgIpc) is 2.77. The minimum absolute atomic E-state index is 0.0247. The highest BCUT2D eigenvalue weighted by molar-refractivity contribution is 5.97. The van der Waals surface area contributed by atoms with Gasteiger partial charge in [-0.1, -0.05) is 45.0 Å². The summed E-state index contributed by atoms with van der Waals surface area (Å²) in [5.74, 6) is 1.56. The summed E-state index contributed by atoms with van der Waals surface area (Å²) in [5, 5.41) is 2.85. The van der Waals surface area contributed by atoms with Crippen LogP contribution >= 0.6 is 0 Å². The Labute approximate surface area is 179 Å². The number of carbonyl (C=O) groups excluding carboxylic acids is 2. The molecule has 1 N–H and O–H groups in total. The fourth-order valence-corrected chi connectivity index (χ4v) is 3.70. The monoisotopic (exact) mass is 408 g/mol. The van der Waals surface area contributed by atoms with E-state index >= 15 is 0 Å². The van der Waals surface area contributed by atoms with Crippen molar-refractivity contribution in [1.29, 1.82) is 0 Å². The van der Waals surface area contributed by atoms with Crippen LogP contribution in [0.1, 0.15) is 61.9 Å². The van der Waals surface area contributed by atoms with Crippen molar-refractivity contribution in [2.45, 2.75) is 46.0 Å². The van der Waals surface area contributed by atoms with Crippen molar-refractivity contribution >= 4 is 17.5 Å². The van der Waals surface area contributed by atoms with Crippen LogP contribution < -0.4 is 10.1 Å². The smallest absolute Gasteiger partial charge is 0.262 e. The van der Waals surface area contributed by atoms with E-state index in [2.05, 4.69) is 26.1 Å². The second-order valence-corrected chi connectivity index (χ2v) is 8.24. The highest BCUT2D eigenvalue weighted by Crippen LogP contribution is 2.28. The molecule has 5 nitrogen and oxygen atoms in total. The van der Waals surface area contributed by atoms with Gasteiger partial charge in [0.05, 0.1) is 0 Å². The number of nitrogens with one attached hydrogen (secondary N) is 1. The maximum Gasteiger partial charge on any atom is 0.262 e. The number of ether oxygens (including phenoxy) is 1. The van der Waals surface area contributed by atoms with E-state index in [-0.39, 0.29) is 18.4 Å². The lowest BCUT2D eigenvalue weighted by Crippen LogP contribution is -2.37. The minimum atomic E-state index is -0.245. The van der Waals surface area contributed by atoms with Crippen LogP contribution in [0.4, 0.5) is 5.69 Å². The third-order valence-electron chi connectivity index (χ3n) is 5.89. The van der Waals surface area contributed by atoms with E-state index in [4.69, 9.17) is 4.74 Å². The maximum atomic E-state index is 12.8. The summed E-state index contributed by atoms with van der Waals surface area (Å²) in [5.41, 5.74) is 2.32. The topological polar surface area (TPSA) is 58.6 Å². The zero-order chi connectivity index (χ0) is 21.5. The minimum Gasteiger partial charge on any atom is -0.483 e. The van der Waals surface area contributed by atoms with Crippen LogP contribution in [0.3, 0.4) is 0 Å². The lowest BCUT2D eigenvalue weighted by atomic mass is 9.98. The van der Waals surface area contributed by atoms with Crippen LogP contribution in [-0.2, 0) is 4.79 Å². The highest BCUT2D eigenvalue weighted by Gasteiger charge is 2.21. The standard InChI is InChI=1S/C25H32N2O3/c1-4-19(3)22-10-5-6-11-23(22)30-17-24(28)26-21-9-7-8-20(16-21)25(29)27-14-12-18(2)13-15-27/h5-11,16,18-19H,4,12-15,17H2,1-3H3,(H,26,28). The number of hydrogen-bond donors (Lipinski definition) is 1. The second-order valence-electron chi connectivity index (χ2n) is 8.24. The second kappa shape index (κ2) is 10.3. The number of anilines is 1. The van der Waals surface area contributed by atoms with Crippen LogP contribution in [-0.4, -0.2) is 36.4 Å². The lowest BCUT2D eigenvalue weighted by molar-refractivity contribution is -0.118.